The average Bonchev–Trinajstić information content (AvgIpc) is 3.44. The molecule has 0 saturated carbocycles. The van der Waals surface area contributed by atoms with Crippen LogP contribution in [0.3, 0.4) is 0 Å². The van der Waals surface area contributed by atoms with Crippen LogP contribution in [-0.4, -0.2) is 59.0 Å². The Balaban J connectivity index is 1.32. The van der Waals surface area contributed by atoms with Crippen LogP contribution in [0.1, 0.15) is 66.5 Å². The van der Waals surface area contributed by atoms with Crippen molar-refractivity contribution in [2.24, 2.45) is 9.98 Å². The second kappa shape index (κ2) is 11.1. The molecule has 0 spiro atoms. The molecule has 9 nitrogen and oxygen atoms in total. The van der Waals surface area contributed by atoms with Crippen molar-refractivity contribution in [3.63, 3.8) is 0 Å². The molecule has 0 aliphatic carbocycles. The fraction of sp³-hybridized carbons (Fsp3) is 0.308. The van der Waals surface area contributed by atoms with E-state index in [-0.39, 0.29) is 0 Å². The number of nitrogens with zero attached hydrogens (tertiary/aromatic N) is 7. The lowest BCUT2D eigenvalue weighted by molar-refractivity contribution is 0.0618. The van der Waals surface area contributed by atoms with Crippen molar-refractivity contribution < 1.29 is 9.47 Å². The lowest BCUT2D eigenvalue weighted by Gasteiger charge is -2.30. The molecule has 7 rings (SSSR count). The minimum atomic E-state index is -0.465. The Labute approximate surface area is 281 Å². The van der Waals surface area contributed by atoms with E-state index in [1.807, 2.05) is 70.2 Å². The summed E-state index contributed by atoms with van der Waals surface area (Å²) in [5, 5.41) is 0. The zero-order chi connectivity index (χ0) is 33.9. The fourth-order valence-corrected chi connectivity index (χ4v) is 5.37. The molecule has 0 fully saturated rings. The SMILES string of the molecule is CC1(C)N=C(c2cncc(-c3nc(-c4ccc(-c5ccccc5)cc4)nc(-c4cncc(C5=NC(C)(C)C(C)(C)O5)c4)n3)c2)OC1(C)C. The van der Waals surface area contributed by atoms with Crippen LogP contribution in [0.2, 0.25) is 0 Å². The smallest absolute Gasteiger partial charge is 0.218 e. The third-order valence-corrected chi connectivity index (χ3v) is 9.78. The highest BCUT2D eigenvalue weighted by atomic mass is 16.5. The molecule has 5 heterocycles. The second-order valence-corrected chi connectivity index (χ2v) is 14.4. The van der Waals surface area contributed by atoms with Crippen LogP contribution >= 0.6 is 0 Å². The van der Waals surface area contributed by atoms with Gasteiger partial charge in [-0.15, -0.1) is 0 Å². The number of hydrogen-bond donors (Lipinski definition) is 0. The van der Waals surface area contributed by atoms with E-state index in [1.165, 1.54) is 0 Å². The van der Waals surface area contributed by atoms with Crippen LogP contribution in [0.25, 0.3) is 45.3 Å². The van der Waals surface area contributed by atoms with Crippen molar-refractivity contribution in [2.75, 3.05) is 0 Å². The molecule has 0 N–H and O–H groups in total. The monoisotopic (exact) mass is 637 g/mol. The largest absolute Gasteiger partial charge is 0.469 e. The number of aliphatic imine (C=N–C) groups is 2. The highest BCUT2D eigenvalue weighted by Crippen LogP contribution is 2.38. The van der Waals surface area contributed by atoms with E-state index in [4.69, 9.17) is 34.4 Å². The first-order valence-electron chi connectivity index (χ1n) is 16.1. The maximum absolute atomic E-state index is 6.29. The van der Waals surface area contributed by atoms with Crippen LogP contribution < -0.4 is 0 Å². The van der Waals surface area contributed by atoms with E-state index < -0.39 is 22.3 Å². The normalized spacial score (nSPS) is 18.4. The Hall–Kier alpha value is -5.31. The summed E-state index contributed by atoms with van der Waals surface area (Å²) in [6.45, 7) is 16.4. The molecule has 0 amide bonds. The molecule has 2 aromatic carbocycles. The van der Waals surface area contributed by atoms with Gasteiger partial charge in [-0.05, 0) is 78.6 Å². The molecule has 2 aliphatic heterocycles. The predicted octanol–water partition coefficient (Wildman–Crippen LogP) is 8.00. The maximum atomic E-state index is 6.29. The van der Waals surface area contributed by atoms with Gasteiger partial charge in [-0.25, -0.2) is 24.9 Å². The van der Waals surface area contributed by atoms with Gasteiger partial charge in [-0.3, -0.25) is 9.97 Å². The van der Waals surface area contributed by atoms with Crippen LogP contribution in [0.5, 0.6) is 0 Å². The summed E-state index contributed by atoms with van der Waals surface area (Å²) in [7, 11) is 0. The standard InChI is InChI=1S/C39H39N7O2/c1-36(2)38(5,6)47-34(45-36)29-18-27(20-40-22-29)32-42-31(26-16-14-25(15-17-26)24-12-10-9-11-13-24)43-33(44-32)28-19-30(23-41-21-28)35-46-37(3,4)39(7,8)48-35/h9-23H,1-8H3. The fourth-order valence-electron chi connectivity index (χ4n) is 5.37. The van der Waals surface area contributed by atoms with Gasteiger partial charge in [-0.1, -0.05) is 54.6 Å². The molecular formula is C39H39N7O2. The van der Waals surface area contributed by atoms with Crippen molar-refractivity contribution in [3.8, 4) is 45.3 Å². The summed E-state index contributed by atoms with van der Waals surface area (Å²) in [6, 6.07) is 22.4. The molecule has 9 heteroatoms. The topological polar surface area (TPSA) is 108 Å². The summed E-state index contributed by atoms with van der Waals surface area (Å²) in [4.78, 5) is 33.7. The van der Waals surface area contributed by atoms with E-state index in [0.717, 1.165) is 27.8 Å². The third-order valence-electron chi connectivity index (χ3n) is 9.78. The van der Waals surface area contributed by atoms with Crippen LogP contribution in [0.15, 0.2) is 102 Å². The van der Waals surface area contributed by atoms with Crippen molar-refractivity contribution in [1.82, 2.24) is 24.9 Å². The van der Waals surface area contributed by atoms with Crippen molar-refractivity contribution in [2.45, 2.75) is 77.7 Å². The summed E-state index contributed by atoms with van der Waals surface area (Å²) in [5.41, 5.74) is 4.31. The van der Waals surface area contributed by atoms with Gasteiger partial charge >= 0.3 is 0 Å². The van der Waals surface area contributed by atoms with Gasteiger partial charge in [0.2, 0.25) is 11.8 Å². The van der Waals surface area contributed by atoms with Crippen molar-refractivity contribution in [1.29, 1.82) is 0 Å². The first-order valence-corrected chi connectivity index (χ1v) is 16.1. The Kier molecular flexibility index (Phi) is 7.27. The highest BCUT2D eigenvalue weighted by Gasteiger charge is 2.46. The van der Waals surface area contributed by atoms with Gasteiger partial charge < -0.3 is 9.47 Å². The third kappa shape index (κ3) is 5.63. The number of pyridine rings is 2. The van der Waals surface area contributed by atoms with E-state index in [9.17, 15) is 0 Å². The minimum absolute atomic E-state index is 0.395. The number of aromatic nitrogens is 5. The maximum Gasteiger partial charge on any atom is 0.218 e. The average molecular weight is 638 g/mol. The van der Waals surface area contributed by atoms with Crippen molar-refractivity contribution in [3.05, 3.63) is 103 Å². The van der Waals surface area contributed by atoms with Crippen LogP contribution in [0.4, 0.5) is 0 Å². The lowest BCUT2D eigenvalue weighted by Crippen LogP contribution is -2.41. The Morgan fingerprint density at radius 3 is 1.21 bits per heavy atom. The molecule has 5 aromatic rings. The van der Waals surface area contributed by atoms with Crippen molar-refractivity contribution >= 4 is 11.8 Å². The van der Waals surface area contributed by atoms with E-state index in [0.29, 0.717) is 40.4 Å². The van der Waals surface area contributed by atoms with Crippen LogP contribution in [0, 0.1) is 0 Å². The number of ether oxygens (including phenoxy) is 2. The zero-order valence-corrected chi connectivity index (χ0v) is 28.6. The molecule has 48 heavy (non-hydrogen) atoms. The highest BCUT2D eigenvalue weighted by molar-refractivity contribution is 5.97. The van der Waals surface area contributed by atoms with Gasteiger partial charge in [0.1, 0.15) is 11.2 Å². The lowest BCUT2D eigenvalue weighted by atomic mass is 9.87. The summed E-state index contributed by atoms with van der Waals surface area (Å²) in [6.07, 6.45) is 7.00. The van der Waals surface area contributed by atoms with E-state index >= 15 is 0 Å². The van der Waals surface area contributed by atoms with Gasteiger partial charge in [-0.2, -0.15) is 0 Å². The molecule has 0 bridgehead atoms. The minimum Gasteiger partial charge on any atom is -0.469 e. The van der Waals surface area contributed by atoms with E-state index in [2.05, 4.69) is 61.9 Å². The number of hydrogen-bond acceptors (Lipinski definition) is 9. The Morgan fingerprint density at radius 1 is 0.417 bits per heavy atom. The Morgan fingerprint density at radius 2 is 0.792 bits per heavy atom. The Bertz CT molecular complexity index is 1980. The molecule has 2 aliphatic rings. The number of benzene rings is 2. The molecule has 0 radical (unpaired) electrons. The molecule has 0 atom stereocenters. The van der Waals surface area contributed by atoms with Gasteiger partial charge in [0, 0.05) is 41.5 Å². The molecule has 3 aromatic heterocycles. The summed E-state index contributed by atoms with van der Waals surface area (Å²) >= 11 is 0. The summed E-state index contributed by atoms with van der Waals surface area (Å²) < 4.78 is 12.6. The molecule has 0 saturated heterocycles. The molecule has 0 unspecified atom stereocenters. The summed E-state index contributed by atoms with van der Waals surface area (Å²) in [5.74, 6) is 2.56. The first-order chi connectivity index (χ1) is 22.7. The van der Waals surface area contributed by atoms with Gasteiger partial charge in [0.15, 0.2) is 17.5 Å². The van der Waals surface area contributed by atoms with Crippen LogP contribution in [-0.2, 0) is 9.47 Å². The zero-order valence-electron chi connectivity index (χ0n) is 28.6. The predicted molar refractivity (Wildman–Crippen MR) is 189 cm³/mol. The number of rotatable bonds is 6. The second-order valence-electron chi connectivity index (χ2n) is 14.4. The molecule has 242 valence electrons. The quantitative estimate of drug-likeness (QED) is 0.186. The van der Waals surface area contributed by atoms with E-state index in [1.54, 1.807) is 24.8 Å². The van der Waals surface area contributed by atoms with Gasteiger partial charge in [0.05, 0.1) is 22.2 Å². The van der Waals surface area contributed by atoms with Gasteiger partial charge in [0.25, 0.3) is 0 Å². The first kappa shape index (κ1) is 31.3. The molecular weight excluding hydrogens is 598 g/mol.